The summed E-state index contributed by atoms with van der Waals surface area (Å²) < 4.78 is 1.87. The molecule has 4 rings (SSSR count). The smallest absolute Gasteiger partial charge is 0.224 e. The predicted molar refractivity (Wildman–Crippen MR) is 125 cm³/mol. The van der Waals surface area contributed by atoms with Gasteiger partial charge < -0.3 is 9.80 Å². The largest absolute Gasteiger partial charge is 0.339 e. The fourth-order valence-corrected chi connectivity index (χ4v) is 5.30. The molecule has 0 N–H and O–H groups in total. The molecular formula is C26H38N4O. The average Bonchev–Trinajstić information content (AvgIpc) is 3.50. The molecule has 0 bridgehead atoms. The van der Waals surface area contributed by atoms with Crippen LogP contribution in [0.5, 0.6) is 0 Å². The summed E-state index contributed by atoms with van der Waals surface area (Å²) in [6.45, 7) is 7.32. The quantitative estimate of drug-likeness (QED) is 0.605. The van der Waals surface area contributed by atoms with E-state index in [1.165, 1.54) is 49.7 Å². The Bertz CT molecular complexity index is 805. The molecule has 1 saturated carbocycles. The highest BCUT2D eigenvalue weighted by Crippen LogP contribution is 2.27. The first-order valence-corrected chi connectivity index (χ1v) is 12.2. The van der Waals surface area contributed by atoms with Crippen molar-refractivity contribution < 1.29 is 4.79 Å². The average molecular weight is 423 g/mol. The second-order valence-corrected chi connectivity index (χ2v) is 9.47. The van der Waals surface area contributed by atoms with E-state index in [0.717, 1.165) is 32.6 Å². The molecule has 1 aliphatic carbocycles. The van der Waals surface area contributed by atoms with Gasteiger partial charge in [-0.05, 0) is 75.2 Å². The number of carbonyl (C=O) groups is 1. The molecule has 31 heavy (non-hydrogen) atoms. The van der Waals surface area contributed by atoms with Crippen LogP contribution in [0.25, 0.3) is 0 Å². The molecule has 2 aromatic rings. The van der Waals surface area contributed by atoms with Gasteiger partial charge in [-0.25, -0.2) is 0 Å². The van der Waals surface area contributed by atoms with Gasteiger partial charge in [0.15, 0.2) is 0 Å². The molecule has 0 spiro atoms. The van der Waals surface area contributed by atoms with E-state index in [1.807, 2.05) is 16.9 Å². The summed E-state index contributed by atoms with van der Waals surface area (Å²) in [6.07, 6.45) is 12.8. The number of piperidine rings is 1. The Morgan fingerprint density at radius 2 is 1.84 bits per heavy atom. The van der Waals surface area contributed by atoms with Gasteiger partial charge in [0.1, 0.15) is 0 Å². The number of carbonyl (C=O) groups excluding carboxylic acids is 1. The molecule has 2 fully saturated rings. The summed E-state index contributed by atoms with van der Waals surface area (Å²) in [5.41, 5.74) is 2.87. The van der Waals surface area contributed by atoms with Crippen molar-refractivity contribution in [2.24, 2.45) is 5.92 Å². The number of hydrogen-bond donors (Lipinski definition) is 0. The van der Waals surface area contributed by atoms with Crippen molar-refractivity contribution in [3.8, 4) is 0 Å². The maximum Gasteiger partial charge on any atom is 0.224 e. The van der Waals surface area contributed by atoms with Crippen LogP contribution < -0.4 is 0 Å². The summed E-state index contributed by atoms with van der Waals surface area (Å²) in [5, 5.41) is 4.25. The SMILES string of the molecule is Cc1ccccc1CCN1CCC(CN(C(=O)CCn2cccn2)C2CCCC2)CC1. The Balaban J connectivity index is 1.25. The van der Waals surface area contributed by atoms with Crippen LogP contribution in [0, 0.1) is 12.8 Å². The normalized spacial score (nSPS) is 18.5. The number of hydrogen-bond acceptors (Lipinski definition) is 3. The summed E-state index contributed by atoms with van der Waals surface area (Å²) in [7, 11) is 0. The first kappa shape index (κ1) is 22.1. The molecule has 5 heteroatoms. The number of rotatable bonds is 9. The molecular weight excluding hydrogens is 384 g/mol. The van der Waals surface area contributed by atoms with Crippen LogP contribution in [-0.2, 0) is 17.8 Å². The monoisotopic (exact) mass is 422 g/mol. The number of likely N-dealkylation sites (tertiary alicyclic amines) is 1. The van der Waals surface area contributed by atoms with Gasteiger partial charge in [0.05, 0.1) is 0 Å². The topological polar surface area (TPSA) is 41.4 Å². The molecule has 1 aliphatic heterocycles. The summed E-state index contributed by atoms with van der Waals surface area (Å²) >= 11 is 0. The Labute approximate surface area is 187 Å². The third kappa shape index (κ3) is 6.19. The summed E-state index contributed by atoms with van der Waals surface area (Å²) in [5.74, 6) is 0.966. The maximum absolute atomic E-state index is 13.1. The molecule has 2 aliphatic rings. The fourth-order valence-electron chi connectivity index (χ4n) is 5.30. The van der Waals surface area contributed by atoms with E-state index in [4.69, 9.17) is 0 Å². The van der Waals surface area contributed by atoms with Crippen molar-refractivity contribution in [3.05, 3.63) is 53.9 Å². The summed E-state index contributed by atoms with van der Waals surface area (Å²) in [6, 6.07) is 11.1. The third-order valence-electron chi connectivity index (χ3n) is 7.32. The van der Waals surface area contributed by atoms with E-state index in [0.29, 0.717) is 30.8 Å². The van der Waals surface area contributed by atoms with Gasteiger partial charge in [0.25, 0.3) is 0 Å². The van der Waals surface area contributed by atoms with Crippen LogP contribution in [0.15, 0.2) is 42.7 Å². The molecule has 0 atom stereocenters. The van der Waals surface area contributed by atoms with Crippen molar-refractivity contribution in [2.45, 2.75) is 70.9 Å². The van der Waals surface area contributed by atoms with Crippen molar-refractivity contribution in [2.75, 3.05) is 26.2 Å². The molecule has 1 amide bonds. The highest BCUT2D eigenvalue weighted by molar-refractivity contribution is 5.76. The maximum atomic E-state index is 13.1. The van der Waals surface area contributed by atoms with Crippen LogP contribution in [-0.4, -0.2) is 57.7 Å². The van der Waals surface area contributed by atoms with E-state index in [1.54, 1.807) is 6.20 Å². The Kier molecular flexibility index (Phi) is 7.79. The first-order chi connectivity index (χ1) is 15.2. The van der Waals surface area contributed by atoms with Gasteiger partial charge in [-0.2, -0.15) is 5.10 Å². The van der Waals surface area contributed by atoms with E-state index in [9.17, 15) is 4.79 Å². The number of aryl methyl sites for hydroxylation is 2. The zero-order valence-corrected chi connectivity index (χ0v) is 19.1. The minimum absolute atomic E-state index is 0.324. The van der Waals surface area contributed by atoms with E-state index in [-0.39, 0.29) is 0 Å². The highest BCUT2D eigenvalue weighted by Gasteiger charge is 2.30. The van der Waals surface area contributed by atoms with Gasteiger partial charge in [-0.15, -0.1) is 0 Å². The Morgan fingerprint density at radius 1 is 1.06 bits per heavy atom. The van der Waals surface area contributed by atoms with Crippen molar-refractivity contribution in [3.63, 3.8) is 0 Å². The molecule has 1 saturated heterocycles. The zero-order valence-electron chi connectivity index (χ0n) is 19.1. The van der Waals surface area contributed by atoms with Crippen LogP contribution >= 0.6 is 0 Å². The van der Waals surface area contributed by atoms with Gasteiger partial charge in [0.2, 0.25) is 5.91 Å². The molecule has 2 heterocycles. The Hall–Kier alpha value is -2.14. The lowest BCUT2D eigenvalue weighted by Gasteiger charge is -2.37. The van der Waals surface area contributed by atoms with Gasteiger partial charge in [0, 0.05) is 44.5 Å². The van der Waals surface area contributed by atoms with Gasteiger partial charge in [-0.3, -0.25) is 9.48 Å². The number of nitrogens with zero attached hydrogens (tertiary/aromatic N) is 4. The highest BCUT2D eigenvalue weighted by atomic mass is 16.2. The lowest BCUT2D eigenvalue weighted by Crippen LogP contribution is -2.45. The van der Waals surface area contributed by atoms with E-state index >= 15 is 0 Å². The minimum Gasteiger partial charge on any atom is -0.339 e. The fraction of sp³-hybridized carbons (Fsp3) is 0.615. The molecule has 0 unspecified atom stereocenters. The lowest BCUT2D eigenvalue weighted by atomic mass is 9.94. The first-order valence-electron chi connectivity index (χ1n) is 12.2. The van der Waals surface area contributed by atoms with Crippen molar-refractivity contribution in [1.82, 2.24) is 19.6 Å². The third-order valence-corrected chi connectivity index (χ3v) is 7.32. The molecule has 168 valence electrons. The van der Waals surface area contributed by atoms with E-state index < -0.39 is 0 Å². The van der Waals surface area contributed by atoms with Crippen molar-refractivity contribution in [1.29, 1.82) is 0 Å². The van der Waals surface area contributed by atoms with Crippen LogP contribution in [0.1, 0.15) is 56.1 Å². The molecule has 1 aromatic carbocycles. The number of benzene rings is 1. The number of aromatic nitrogens is 2. The second kappa shape index (κ2) is 10.9. The Morgan fingerprint density at radius 3 is 2.55 bits per heavy atom. The van der Waals surface area contributed by atoms with Crippen molar-refractivity contribution >= 4 is 5.91 Å². The van der Waals surface area contributed by atoms with Gasteiger partial charge in [-0.1, -0.05) is 37.1 Å². The minimum atomic E-state index is 0.324. The van der Waals surface area contributed by atoms with Crippen LogP contribution in [0.2, 0.25) is 0 Å². The summed E-state index contributed by atoms with van der Waals surface area (Å²) in [4.78, 5) is 18.0. The zero-order chi connectivity index (χ0) is 21.5. The molecule has 0 radical (unpaired) electrons. The molecule has 1 aromatic heterocycles. The standard InChI is InChI=1S/C26H38N4O/c1-22-7-2-3-8-24(22)13-19-28-17-11-23(12-18-28)21-30(25-9-4-5-10-25)26(31)14-20-29-16-6-15-27-29/h2-3,6-8,15-16,23,25H,4-5,9-14,17-21H2,1H3. The van der Waals surface area contributed by atoms with Crippen LogP contribution in [0.3, 0.4) is 0 Å². The van der Waals surface area contributed by atoms with Crippen LogP contribution in [0.4, 0.5) is 0 Å². The van der Waals surface area contributed by atoms with E-state index in [2.05, 4.69) is 46.1 Å². The lowest BCUT2D eigenvalue weighted by molar-refractivity contribution is -0.134. The number of amides is 1. The predicted octanol–water partition coefficient (Wildman–Crippen LogP) is 4.31. The second-order valence-electron chi connectivity index (χ2n) is 9.47. The van der Waals surface area contributed by atoms with Gasteiger partial charge >= 0.3 is 0 Å². The molecule has 5 nitrogen and oxygen atoms in total.